The minimum absolute atomic E-state index is 0.181. The van der Waals surface area contributed by atoms with E-state index in [1.54, 1.807) is 60.4 Å². The molecule has 0 atom stereocenters. The number of nitriles is 1. The van der Waals surface area contributed by atoms with E-state index in [-0.39, 0.29) is 11.8 Å². The maximum Gasteiger partial charge on any atom is 0.259 e. The Balaban J connectivity index is 1.61. The van der Waals surface area contributed by atoms with Crippen LogP contribution in [0.15, 0.2) is 67.1 Å². The zero-order chi connectivity index (χ0) is 23.4. The van der Waals surface area contributed by atoms with Gasteiger partial charge >= 0.3 is 0 Å². The molecule has 1 aromatic carbocycles. The molecule has 0 unspecified atom stereocenters. The Bertz CT molecular complexity index is 1350. The molecule has 3 heterocycles. The van der Waals surface area contributed by atoms with Crippen LogP contribution in [-0.2, 0) is 0 Å². The Morgan fingerprint density at radius 1 is 1.12 bits per heavy atom. The summed E-state index contributed by atoms with van der Waals surface area (Å²) in [5.74, 6) is 0.0177. The number of hydrogen-bond donors (Lipinski definition) is 2. The van der Waals surface area contributed by atoms with Crippen LogP contribution < -0.4 is 16.0 Å². The third-order valence-corrected chi connectivity index (χ3v) is 5.18. The summed E-state index contributed by atoms with van der Waals surface area (Å²) in [6, 6.07) is 15.9. The van der Waals surface area contributed by atoms with Crippen molar-refractivity contribution in [2.75, 3.05) is 25.0 Å². The van der Waals surface area contributed by atoms with Crippen LogP contribution in [0.3, 0.4) is 0 Å². The fourth-order valence-electron chi connectivity index (χ4n) is 3.37. The van der Waals surface area contributed by atoms with Gasteiger partial charge in [0, 0.05) is 49.2 Å². The molecule has 3 N–H and O–H groups in total. The highest BCUT2D eigenvalue weighted by molar-refractivity contribution is 6.06. The monoisotopic (exact) mass is 439 g/mol. The molecule has 0 saturated carbocycles. The largest absolute Gasteiger partial charge is 0.351 e. The van der Waals surface area contributed by atoms with Gasteiger partial charge in [-0.2, -0.15) is 10.4 Å². The topological polar surface area (TPSA) is 129 Å². The molecule has 3 aromatic heterocycles. The summed E-state index contributed by atoms with van der Waals surface area (Å²) >= 11 is 0. The molecule has 0 radical (unpaired) electrons. The fourth-order valence-corrected chi connectivity index (χ4v) is 3.37. The smallest absolute Gasteiger partial charge is 0.259 e. The number of carbonyl (C=O) groups excluding carboxylic acids is 2. The highest BCUT2D eigenvalue weighted by Crippen LogP contribution is 2.26. The van der Waals surface area contributed by atoms with E-state index in [0.29, 0.717) is 35.6 Å². The van der Waals surface area contributed by atoms with Crippen molar-refractivity contribution < 1.29 is 9.59 Å². The molecule has 0 aliphatic carbocycles. The molecule has 4 rings (SSSR count). The van der Waals surface area contributed by atoms with Gasteiger partial charge in [-0.05, 0) is 42.0 Å². The number of fused-ring (bicyclic) bond motifs is 1. The van der Waals surface area contributed by atoms with Gasteiger partial charge in [-0.1, -0.05) is 12.1 Å². The summed E-state index contributed by atoms with van der Waals surface area (Å²) in [5.41, 5.74) is 9.31. The fraction of sp³-hybridized carbons (Fsp3) is 0.125. The van der Waals surface area contributed by atoms with E-state index in [1.165, 1.54) is 11.1 Å². The second-order valence-electron chi connectivity index (χ2n) is 7.31. The Morgan fingerprint density at radius 2 is 1.91 bits per heavy atom. The number of nitrogens with one attached hydrogen (secondary N) is 1. The number of rotatable bonds is 6. The molecule has 0 aliphatic heterocycles. The van der Waals surface area contributed by atoms with Gasteiger partial charge in [0.1, 0.15) is 11.9 Å². The molecule has 9 heteroatoms. The van der Waals surface area contributed by atoms with Crippen molar-refractivity contribution in [3.05, 3.63) is 83.8 Å². The molecular weight excluding hydrogens is 418 g/mol. The third-order valence-electron chi connectivity index (χ3n) is 5.18. The van der Waals surface area contributed by atoms with Crippen molar-refractivity contribution in [3.63, 3.8) is 0 Å². The third kappa shape index (κ3) is 4.42. The van der Waals surface area contributed by atoms with Crippen LogP contribution in [0.25, 0.3) is 16.6 Å². The van der Waals surface area contributed by atoms with Crippen LogP contribution in [0.4, 0.5) is 5.82 Å². The van der Waals surface area contributed by atoms with Crippen LogP contribution in [0.2, 0.25) is 0 Å². The molecule has 0 aliphatic rings. The summed E-state index contributed by atoms with van der Waals surface area (Å²) in [6.07, 6.45) is 4.87. The summed E-state index contributed by atoms with van der Waals surface area (Å²) in [4.78, 5) is 30.8. The lowest BCUT2D eigenvalue weighted by molar-refractivity contribution is 0.0953. The Kier molecular flexibility index (Phi) is 6.11. The van der Waals surface area contributed by atoms with E-state index < -0.39 is 0 Å². The number of aromatic nitrogens is 3. The molecule has 2 amide bonds. The maximum atomic E-state index is 13.1. The van der Waals surface area contributed by atoms with Crippen LogP contribution >= 0.6 is 0 Å². The predicted octanol–water partition coefficient (Wildman–Crippen LogP) is 2.23. The minimum atomic E-state index is -0.242. The van der Waals surface area contributed by atoms with Crippen LogP contribution in [-0.4, -0.2) is 46.5 Å². The van der Waals surface area contributed by atoms with Crippen molar-refractivity contribution >= 4 is 23.1 Å². The number of hydrogen-bond acceptors (Lipinski definition) is 6. The normalized spacial score (nSPS) is 10.6. The lowest BCUT2D eigenvalue weighted by Gasteiger charge is -2.16. The molecule has 0 spiro atoms. The average molecular weight is 439 g/mol. The van der Waals surface area contributed by atoms with Crippen molar-refractivity contribution in [3.8, 4) is 17.2 Å². The van der Waals surface area contributed by atoms with Crippen LogP contribution in [0, 0.1) is 11.3 Å². The van der Waals surface area contributed by atoms with Gasteiger partial charge in [-0.25, -0.2) is 9.50 Å². The number of anilines is 1. The molecular formula is C24H21N7O2. The molecule has 4 aromatic rings. The van der Waals surface area contributed by atoms with Gasteiger partial charge in [-0.15, -0.1) is 0 Å². The van der Waals surface area contributed by atoms with Crippen LogP contribution in [0.5, 0.6) is 0 Å². The zero-order valence-electron chi connectivity index (χ0n) is 17.9. The van der Waals surface area contributed by atoms with E-state index in [4.69, 9.17) is 11.0 Å². The first-order chi connectivity index (χ1) is 16.0. The second-order valence-corrected chi connectivity index (χ2v) is 7.31. The van der Waals surface area contributed by atoms with E-state index in [2.05, 4.69) is 15.4 Å². The van der Waals surface area contributed by atoms with Gasteiger partial charge in [0.05, 0.1) is 17.3 Å². The predicted molar refractivity (Wildman–Crippen MR) is 124 cm³/mol. The van der Waals surface area contributed by atoms with Gasteiger partial charge in [0.25, 0.3) is 11.8 Å². The summed E-state index contributed by atoms with van der Waals surface area (Å²) < 4.78 is 1.69. The molecule has 9 nitrogen and oxygen atoms in total. The van der Waals surface area contributed by atoms with Crippen molar-refractivity contribution in [1.82, 2.24) is 19.9 Å². The molecule has 0 saturated heterocycles. The number of pyridine rings is 2. The number of nitrogens with zero attached hydrogens (tertiary/aromatic N) is 5. The maximum absolute atomic E-state index is 13.1. The minimum Gasteiger partial charge on any atom is -0.351 e. The van der Waals surface area contributed by atoms with Crippen LogP contribution in [0.1, 0.15) is 26.3 Å². The lowest BCUT2D eigenvalue weighted by atomic mass is 10.0. The average Bonchev–Trinajstić information content (AvgIpc) is 3.29. The highest BCUT2D eigenvalue weighted by Gasteiger charge is 2.17. The first-order valence-corrected chi connectivity index (χ1v) is 10.2. The highest BCUT2D eigenvalue weighted by atomic mass is 16.2. The second kappa shape index (κ2) is 9.30. The van der Waals surface area contributed by atoms with E-state index >= 15 is 0 Å². The molecule has 164 valence electrons. The Morgan fingerprint density at radius 3 is 2.58 bits per heavy atom. The van der Waals surface area contributed by atoms with Gasteiger partial charge in [0.15, 0.2) is 0 Å². The first-order valence-electron chi connectivity index (χ1n) is 10.2. The SMILES string of the molecule is CN(C(=O)c1ccn2ncc(-c3ccc(C(=O)NCCN)cc3)c2c1)c1ccc(C#N)cn1. The van der Waals surface area contributed by atoms with E-state index in [0.717, 1.165) is 16.6 Å². The molecule has 33 heavy (non-hydrogen) atoms. The van der Waals surface area contributed by atoms with Crippen molar-refractivity contribution in [2.45, 2.75) is 0 Å². The Labute approximate surface area is 190 Å². The zero-order valence-corrected chi connectivity index (χ0v) is 17.9. The number of amides is 2. The number of benzene rings is 1. The summed E-state index contributed by atoms with van der Waals surface area (Å²) in [5, 5.41) is 16.0. The quantitative estimate of drug-likeness (QED) is 0.474. The van der Waals surface area contributed by atoms with Gasteiger partial charge < -0.3 is 11.1 Å². The van der Waals surface area contributed by atoms with E-state index in [9.17, 15) is 9.59 Å². The molecule has 0 fully saturated rings. The standard InChI is InChI=1S/C24H21N7O2/c1-30(22-7-2-16(13-26)14-28-22)24(33)19-8-11-31-21(12-19)20(15-29-31)17-3-5-18(6-4-17)23(32)27-10-9-25/h2-8,11-12,14-15H,9-10,25H2,1H3,(H,27,32). The summed E-state index contributed by atoms with van der Waals surface area (Å²) in [7, 11) is 1.63. The first kappa shape index (κ1) is 21.7. The van der Waals surface area contributed by atoms with E-state index in [1.807, 2.05) is 18.2 Å². The lowest BCUT2D eigenvalue weighted by Crippen LogP contribution is -2.28. The summed E-state index contributed by atoms with van der Waals surface area (Å²) in [6.45, 7) is 0.793. The Hall–Kier alpha value is -4.55. The van der Waals surface area contributed by atoms with Gasteiger partial charge in [0.2, 0.25) is 0 Å². The van der Waals surface area contributed by atoms with Gasteiger partial charge in [-0.3, -0.25) is 14.5 Å². The van der Waals surface area contributed by atoms with Crippen molar-refractivity contribution in [1.29, 1.82) is 5.26 Å². The van der Waals surface area contributed by atoms with Crippen molar-refractivity contribution in [2.24, 2.45) is 5.73 Å². The number of carbonyl (C=O) groups is 2. The number of nitrogens with two attached hydrogens (primary N) is 1. The molecule has 0 bridgehead atoms.